The Labute approximate surface area is 135 Å². The van der Waals surface area contributed by atoms with Crippen LogP contribution in [0.2, 0.25) is 0 Å². The third-order valence-corrected chi connectivity index (χ3v) is 6.06. The van der Waals surface area contributed by atoms with E-state index >= 15 is 0 Å². The maximum Gasteiger partial charge on any atom is 0.322 e. The normalized spacial score (nSPS) is 19.3. The van der Waals surface area contributed by atoms with Crippen LogP contribution < -0.4 is 9.47 Å². The largest absolute Gasteiger partial charge is 0.493 e. The molecule has 0 radical (unpaired) electrons. The number of ether oxygens (including phenoxy) is 2. The molecule has 7 nitrogen and oxygen atoms in total. The van der Waals surface area contributed by atoms with Crippen LogP contribution in [0, 0.1) is 6.92 Å². The van der Waals surface area contributed by atoms with Crippen molar-refractivity contribution >= 4 is 16.0 Å². The molecule has 0 aliphatic carbocycles. The van der Waals surface area contributed by atoms with E-state index in [1.165, 1.54) is 20.3 Å². The Morgan fingerprint density at radius 3 is 2.39 bits per heavy atom. The summed E-state index contributed by atoms with van der Waals surface area (Å²) < 4.78 is 37.3. The van der Waals surface area contributed by atoms with Crippen molar-refractivity contribution < 1.29 is 27.8 Å². The molecular formula is C15H21NO6S. The van der Waals surface area contributed by atoms with Gasteiger partial charge >= 0.3 is 5.97 Å². The van der Waals surface area contributed by atoms with Gasteiger partial charge in [-0.1, -0.05) is 0 Å². The average molecular weight is 343 g/mol. The Hall–Kier alpha value is -1.80. The van der Waals surface area contributed by atoms with Crippen molar-refractivity contribution in [2.24, 2.45) is 0 Å². The number of hydrogen-bond donors (Lipinski definition) is 1. The summed E-state index contributed by atoms with van der Waals surface area (Å²) in [6, 6.07) is 1.93. The molecule has 0 amide bonds. The molecule has 0 bridgehead atoms. The molecule has 1 aromatic rings. The van der Waals surface area contributed by atoms with Gasteiger partial charge in [-0.15, -0.1) is 0 Å². The van der Waals surface area contributed by atoms with Gasteiger partial charge in [-0.2, -0.15) is 4.31 Å². The highest BCUT2D eigenvalue weighted by Crippen LogP contribution is 2.35. The number of piperidine rings is 1. The first kappa shape index (κ1) is 17.6. The SMILES string of the molecule is COc1cc(C)c(S(=O)(=O)N2CCCCC2C(=O)O)cc1OC. The minimum Gasteiger partial charge on any atom is -0.493 e. The molecule has 1 atom stereocenters. The van der Waals surface area contributed by atoms with Crippen LogP contribution in [0.15, 0.2) is 17.0 Å². The summed E-state index contributed by atoms with van der Waals surface area (Å²) in [5.41, 5.74) is 0.484. The van der Waals surface area contributed by atoms with Crippen molar-refractivity contribution in [3.05, 3.63) is 17.7 Å². The van der Waals surface area contributed by atoms with Gasteiger partial charge in [-0.3, -0.25) is 4.79 Å². The summed E-state index contributed by atoms with van der Waals surface area (Å²) in [6.45, 7) is 1.85. The van der Waals surface area contributed by atoms with Crippen molar-refractivity contribution in [2.75, 3.05) is 20.8 Å². The van der Waals surface area contributed by atoms with Crippen molar-refractivity contribution in [1.29, 1.82) is 0 Å². The second-order valence-corrected chi connectivity index (χ2v) is 7.30. The van der Waals surface area contributed by atoms with Crippen molar-refractivity contribution in [3.63, 3.8) is 0 Å². The smallest absolute Gasteiger partial charge is 0.322 e. The molecular weight excluding hydrogens is 322 g/mol. The van der Waals surface area contributed by atoms with Gasteiger partial charge in [0.2, 0.25) is 10.0 Å². The second kappa shape index (κ2) is 6.76. The molecule has 1 aliphatic heterocycles. The lowest BCUT2D eigenvalue weighted by molar-refractivity contribution is -0.142. The third-order valence-electron chi connectivity index (χ3n) is 4.01. The van der Waals surface area contributed by atoms with Gasteiger partial charge in [0.05, 0.1) is 19.1 Å². The number of aryl methyl sites for hydroxylation is 1. The molecule has 1 heterocycles. The van der Waals surface area contributed by atoms with Crippen LogP contribution in [-0.4, -0.2) is 50.6 Å². The first-order chi connectivity index (χ1) is 10.8. The number of benzene rings is 1. The van der Waals surface area contributed by atoms with E-state index in [0.29, 0.717) is 36.3 Å². The van der Waals surface area contributed by atoms with E-state index in [4.69, 9.17) is 9.47 Å². The van der Waals surface area contributed by atoms with Gasteiger partial charge in [0, 0.05) is 12.6 Å². The summed E-state index contributed by atoms with van der Waals surface area (Å²) >= 11 is 0. The van der Waals surface area contributed by atoms with Crippen LogP contribution in [0.4, 0.5) is 0 Å². The highest BCUT2D eigenvalue weighted by atomic mass is 32.2. The van der Waals surface area contributed by atoms with Crippen LogP contribution in [0.25, 0.3) is 0 Å². The number of sulfonamides is 1. The number of carboxylic acid groups (broad SMARTS) is 1. The number of methoxy groups -OCH3 is 2. The van der Waals surface area contributed by atoms with Gasteiger partial charge < -0.3 is 14.6 Å². The van der Waals surface area contributed by atoms with Gasteiger partial charge in [0.1, 0.15) is 6.04 Å². The van der Waals surface area contributed by atoms with Crippen LogP contribution in [0.1, 0.15) is 24.8 Å². The van der Waals surface area contributed by atoms with Crippen molar-refractivity contribution in [3.8, 4) is 11.5 Å². The molecule has 8 heteroatoms. The molecule has 2 rings (SSSR count). The minimum atomic E-state index is -3.93. The fourth-order valence-electron chi connectivity index (χ4n) is 2.81. The van der Waals surface area contributed by atoms with E-state index in [1.54, 1.807) is 13.0 Å². The minimum absolute atomic E-state index is 0.0447. The molecule has 0 aromatic heterocycles. The van der Waals surface area contributed by atoms with E-state index in [9.17, 15) is 18.3 Å². The standard InChI is InChI=1S/C15H21NO6S/c1-10-8-12(21-2)13(22-3)9-14(10)23(19,20)16-7-5-4-6-11(16)15(17)18/h8-9,11H,4-7H2,1-3H3,(H,17,18). The molecule has 128 valence electrons. The van der Waals surface area contributed by atoms with E-state index in [2.05, 4.69) is 0 Å². The highest BCUT2D eigenvalue weighted by molar-refractivity contribution is 7.89. The number of hydrogen-bond acceptors (Lipinski definition) is 5. The summed E-state index contributed by atoms with van der Waals surface area (Å²) in [5.74, 6) is -0.399. The molecule has 1 fully saturated rings. The van der Waals surface area contributed by atoms with E-state index in [-0.39, 0.29) is 11.4 Å². The van der Waals surface area contributed by atoms with Crippen molar-refractivity contribution in [2.45, 2.75) is 37.1 Å². The lowest BCUT2D eigenvalue weighted by Gasteiger charge is -2.32. The van der Waals surface area contributed by atoms with Gasteiger partial charge in [0.15, 0.2) is 11.5 Å². The Bertz CT molecular complexity index is 700. The highest BCUT2D eigenvalue weighted by Gasteiger charge is 2.38. The van der Waals surface area contributed by atoms with Crippen molar-refractivity contribution in [1.82, 2.24) is 4.31 Å². The fourth-order valence-corrected chi connectivity index (χ4v) is 4.68. The lowest BCUT2D eigenvalue weighted by Crippen LogP contribution is -2.47. The summed E-state index contributed by atoms with van der Waals surface area (Å²) in [4.78, 5) is 11.4. The van der Waals surface area contributed by atoms with Crippen LogP contribution in [0.5, 0.6) is 11.5 Å². The number of aliphatic carboxylic acids is 1. The van der Waals surface area contributed by atoms with Crippen LogP contribution in [-0.2, 0) is 14.8 Å². The summed E-state index contributed by atoms with van der Waals surface area (Å²) in [7, 11) is -1.04. The monoisotopic (exact) mass is 343 g/mol. The Morgan fingerprint density at radius 2 is 1.83 bits per heavy atom. The number of carbonyl (C=O) groups is 1. The predicted molar refractivity (Wildman–Crippen MR) is 83.4 cm³/mol. The zero-order chi connectivity index (χ0) is 17.2. The van der Waals surface area contributed by atoms with Crippen LogP contribution in [0.3, 0.4) is 0 Å². The number of nitrogens with zero attached hydrogens (tertiary/aromatic N) is 1. The Morgan fingerprint density at radius 1 is 1.22 bits per heavy atom. The Balaban J connectivity index is 2.52. The first-order valence-corrected chi connectivity index (χ1v) is 8.74. The number of rotatable bonds is 5. The summed E-state index contributed by atoms with van der Waals surface area (Å²) in [6.07, 6.45) is 1.67. The quantitative estimate of drug-likeness (QED) is 0.873. The average Bonchev–Trinajstić information content (AvgIpc) is 2.54. The van der Waals surface area contributed by atoms with Crippen LogP contribution >= 0.6 is 0 Å². The van der Waals surface area contributed by atoms with E-state index < -0.39 is 22.0 Å². The summed E-state index contributed by atoms with van der Waals surface area (Å²) in [5, 5.41) is 9.32. The first-order valence-electron chi connectivity index (χ1n) is 7.30. The molecule has 1 aromatic carbocycles. The zero-order valence-electron chi connectivity index (χ0n) is 13.4. The fraction of sp³-hybridized carbons (Fsp3) is 0.533. The maximum atomic E-state index is 13.0. The maximum absolute atomic E-state index is 13.0. The molecule has 1 N–H and O–H groups in total. The van der Waals surface area contributed by atoms with Gasteiger partial charge in [-0.05, 0) is 37.8 Å². The molecule has 1 unspecified atom stereocenters. The molecule has 0 saturated carbocycles. The lowest BCUT2D eigenvalue weighted by atomic mass is 10.1. The predicted octanol–water partition coefficient (Wildman–Crippen LogP) is 1.64. The van der Waals surface area contributed by atoms with E-state index in [0.717, 1.165) is 4.31 Å². The van der Waals surface area contributed by atoms with Gasteiger partial charge in [-0.25, -0.2) is 8.42 Å². The molecule has 1 saturated heterocycles. The molecule has 1 aliphatic rings. The van der Waals surface area contributed by atoms with Gasteiger partial charge in [0.25, 0.3) is 0 Å². The third kappa shape index (κ3) is 3.28. The molecule has 23 heavy (non-hydrogen) atoms. The second-order valence-electron chi connectivity index (χ2n) is 5.44. The Kier molecular flexibility index (Phi) is 5.16. The molecule has 0 spiro atoms. The zero-order valence-corrected chi connectivity index (χ0v) is 14.2. The van der Waals surface area contributed by atoms with E-state index in [1.807, 2.05) is 0 Å². The number of carboxylic acids is 1. The topological polar surface area (TPSA) is 93.1 Å².